The Balaban J connectivity index is 2.00. The van der Waals surface area contributed by atoms with Crippen LogP contribution in [0.5, 0.6) is 11.8 Å². The number of nitrogens with one attached hydrogen (secondary N) is 1. The van der Waals surface area contributed by atoms with Gasteiger partial charge in [-0.2, -0.15) is 4.98 Å². The lowest BCUT2D eigenvalue weighted by molar-refractivity contribution is 0.318. The van der Waals surface area contributed by atoms with Crippen molar-refractivity contribution in [1.82, 2.24) is 10.3 Å². The molecule has 18 heavy (non-hydrogen) atoms. The van der Waals surface area contributed by atoms with E-state index in [2.05, 4.69) is 10.3 Å². The highest BCUT2D eigenvalue weighted by Crippen LogP contribution is 2.23. The van der Waals surface area contributed by atoms with Crippen molar-refractivity contribution in [2.45, 2.75) is 26.4 Å². The van der Waals surface area contributed by atoms with Crippen LogP contribution in [0.4, 0.5) is 4.39 Å². The van der Waals surface area contributed by atoms with Gasteiger partial charge >= 0.3 is 6.08 Å². The molecule has 0 aliphatic carbocycles. The van der Waals surface area contributed by atoms with Gasteiger partial charge in [0.25, 0.3) is 0 Å². The van der Waals surface area contributed by atoms with Crippen molar-refractivity contribution in [3.8, 4) is 11.8 Å². The second-order valence-corrected chi connectivity index (χ2v) is 4.17. The molecule has 0 aliphatic rings. The molecule has 4 nitrogen and oxygen atoms in total. The summed E-state index contributed by atoms with van der Waals surface area (Å²) in [5, 5.41) is 3.20. The number of benzene rings is 1. The van der Waals surface area contributed by atoms with Crippen molar-refractivity contribution < 1.29 is 13.5 Å². The molecule has 0 fully saturated rings. The summed E-state index contributed by atoms with van der Waals surface area (Å²) in [4.78, 5) is 4.10. The van der Waals surface area contributed by atoms with Crippen LogP contribution in [0.2, 0.25) is 0 Å². The number of hydrogen-bond acceptors (Lipinski definition) is 4. The summed E-state index contributed by atoms with van der Waals surface area (Å²) in [6, 6.07) is 6.47. The minimum atomic E-state index is -0.447. The summed E-state index contributed by atoms with van der Waals surface area (Å²) in [5.41, 5.74) is 0.718. The predicted molar refractivity (Wildman–Crippen MR) is 65.0 cm³/mol. The number of hydrogen-bond donors (Lipinski definition) is 1. The van der Waals surface area contributed by atoms with Crippen molar-refractivity contribution in [3.05, 3.63) is 42.0 Å². The molecule has 0 aliphatic heterocycles. The third-order valence-corrected chi connectivity index (χ3v) is 2.26. The molecule has 2 rings (SSSR count). The Labute approximate surface area is 105 Å². The van der Waals surface area contributed by atoms with Crippen LogP contribution in [-0.2, 0) is 6.54 Å². The normalized spacial score (nSPS) is 10.9. The van der Waals surface area contributed by atoms with E-state index in [-0.39, 0.29) is 11.8 Å². The molecule has 5 heteroatoms. The molecule has 0 saturated carbocycles. The molecular formula is C13H15FN2O2. The first-order valence-corrected chi connectivity index (χ1v) is 5.75. The first kappa shape index (κ1) is 12.6. The quantitative estimate of drug-likeness (QED) is 0.885. The minimum Gasteiger partial charge on any atom is -0.417 e. The Hall–Kier alpha value is -1.88. The largest absolute Gasteiger partial charge is 0.417 e. The number of aromatic nitrogens is 1. The molecule has 1 N–H and O–H groups in total. The summed E-state index contributed by atoms with van der Waals surface area (Å²) >= 11 is 0. The molecule has 0 amide bonds. The molecular weight excluding hydrogens is 235 g/mol. The highest BCUT2D eigenvalue weighted by Gasteiger charge is 2.09. The Kier molecular flexibility index (Phi) is 3.94. The lowest BCUT2D eigenvalue weighted by Gasteiger charge is -2.04. The van der Waals surface area contributed by atoms with Crippen LogP contribution in [-0.4, -0.2) is 11.0 Å². The molecule has 1 aromatic heterocycles. The Bertz CT molecular complexity index is 511. The van der Waals surface area contributed by atoms with Gasteiger partial charge in [0.2, 0.25) is 0 Å². The van der Waals surface area contributed by atoms with Crippen molar-refractivity contribution in [2.24, 2.45) is 0 Å². The number of halogens is 1. The number of nitrogens with zero attached hydrogens (tertiary/aromatic N) is 1. The van der Waals surface area contributed by atoms with Crippen LogP contribution in [0.3, 0.4) is 0 Å². The van der Waals surface area contributed by atoms with Crippen LogP contribution in [0.15, 0.2) is 34.9 Å². The Morgan fingerprint density at radius 2 is 2.17 bits per heavy atom. The van der Waals surface area contributed by atoms with Crippen molar-refractivity contribution in [3.63, 3.8) is 0 Å². The SMILES string of the molecule is CC(C)NCc1coc(Oc2ccccc2F)n1. The summed E-state index contributed by atoms with van der Waals surface area (Å²) in [6.07, 6.45) is 1.53. The van der Waals surface area contributed by atoms with E-state index < -0.39 is 5.82 Å². The second kappa shape index (κ2) is 5.64. The van der Waals surface area contributed by atoms with Crippen LogP contribution in [0.25, 0.3) is 0 Å². The van der Waals surface area contributed by atoms with Crippen molar-refractivity contribution >= 4 is 0 Å². The van der Waals surface area contributed by atoms with E-state index in [0.29, 0.717) is 12.6 Å². The number of oxazole rings is 1. The van der Waals surface area contributed by atoms with Gasteiger partial charge in [-0.25, -0.2) is 4.39 Å². The fourth-order valence-corrected chi connectivity index (χ4v) is 1.35. The summed E-state index contributed by atoms with van der Waals surface area (Å²) in [6.45, 7) is 4.66. The third kappa shape index (κ3) is 3.30. The lowest BCUT2D eigenvalue weighted by atomic mass is 10.3. The first-order valence-electron chi connectivity index (χ1n) is 5.75. The van der Waals surface area contributed by atoms with Gasteiger partial charge in [-0.05, 0) is 12.1 Å². The molecule has 0 spiro atoms. The maximum atomic E-state index is 13.3. The molecule has 0 unspecified atom stereocenters. The van der Waals surface area contributed by atoms with Gasteiger partial charge in [0.05, 0.1) is 5.69 Å². The summed E-state index contributed by atoms with van der Waals surface area (Å²) in [7, 11) is 0. The van der Waals surface area contributed by atoms with Gasteiger partial charge in [-0.3, -0.25) is 0 Å². The molecule has 0 bridgehead atoms. The highest BCUT2D eigenvalue weighted by atomic mass is 19.1. The van der Waals surface area contributed by atoms with E-state index in [4.69, 9.17) is 9.15 Å². The van der Waals surface area contributed by atoms with E-state index in [9.17, 15) is 4.39 Å². The van der Waals surface area contributed by atoms with Gasteiger partial charge in [0.1, 0.15) is 6.26 Å². The second-order valence-electron chi connectivity index (χ2n) is 4.17. The van der Waals surface area contributed by atoms with Gasteiger partial charge < -0.3 is 14.5 Å². The van der Waals surface area contributed by atoms with E-state index in [1.165, 1.54) is 18.4 Å². The zero-order valence-electron chi connectivity index (χ0n) is 10.3. The standard InChI is InChI=1S/C13H15FN2O2/c1-9(2)15-7-10-8-17-13(16-10)18-12-6-4-3-5-11(12)14/h3-6,8-9,15H,7H2,1-2H3. The highest BCUT2D eigenvalue weighted by molar-refractivity contribution is 5.26. The molecule has 1 aromatic carbocycles. The van der Waals surface area contributed by atoms with Crippen LogP contribution < -0.4 is 10.1 Å². The van der Waals surface area contributed by atoms with Gasteiger partial charge in [-0.1, -0.05) is 26.0 Å². The smallest absolute Gasteiger partial charge is 0.399 e. The van der Waals surface area contributed by atoms with Crippen LogP contribution in [0, 0.1) is 5.82 Å². The van der Waals surface area contributed by atoms with E-state index in [1.54, 1.807) is 12.1 Å². The zero-order valence-corrected chi connectivity index (χ0v) is 10.3. The third-order valence-electron chi connectivity index (χ3n) is 2.26. The fourth-order valence-electron chi connectivity index (χ4n) is 1.35. The van der Waals surface area contributed by atoms with E-state index in [1.807, 2.05) is 13.8 Å². The average molecular weight is 250 g/mol. The maximum absolute atomic E-state index is 13.3. The number of para-hydroxylation sites is 1. The number of rotatable bonds is 5. The summed E-state index contributed by atoms with van der Waals surface area (Å²) < 4.78 is 23.7. The predicted octanol–water partition coefficient (Wildman–Crippen LogP) is 3.10. The molecule has 0 radical (unpaired) electrons. The van der Waals surface area contributed by atoms with E-state index >= 15 is 0 Å². The fraction of sp³-hybridized carbons (Fsp3) is 0.308. The maximum Gasteiger partial charge on any atom is 0.399 e. The molecule has 0 saturated heterocycles. The lowest BCUT2D eigenvalue weighted by Crippen LogP contribution is -2.21. The van der Waals surface area contributed by atoms with Crippen LogP contribution in [0.1, 0.15) is 19.5 Å². The zero-order chi connectivity index (χ0) is 13.0. The Morgan fingerprint density at radius 3 is 2.89 bits per heavy atom. The summed E-state index contributed by atoms with van der Waals surface area (Å²) in [5.74, 6) is -0.347. The molecule has 2 aromatic rings. The van der Waals surface area contributed by atoms with Gasteiger partial charge in [0.15, 0.2) is 11.6 Å². The van der Waals surface area contributed by atoms with Gasteiger partial charge in [-0.15, -0.1) is 0 Å². The average Bonchev–Trinajstić information content (AvgIpc) is 2.77. The molecule has 1 heterocycles. The van der Waals surface area contributed by atoms with Gasteiger partial charge in [0, 0.05) is 12.6 Å². The van der Waals surface area contributed by atoms with Crippen LogP contribution >= 0.6 is 0 Å². The molecule has 0 atom stereocenters. The topological polar surface area (TPSA) is 47.3 Å². The molecule has 96 valence electrons. The van der Waals surface area contributed by atoms with Crippen molar-refractivity contribution in [1.29, 1.82) is 0 Å². The number of ether oxygens (including phenoxy) is 1. The van der Waals surface area contributed by atoms with Crippen molar-refractivity contribution in [2.75, 3.05) is 0 Å². The monoisotopic (exact) mass is 250 g/mol. The Morgan fingerprint density at radius 1 is 1.39 bits per heavy atom. The minimum absolute atomic E-state index is 0.0423. The first-order chi connectivity index (χ1) is 8.65. The van der Waals surface area contributed by atoms with E-state index in [0.717, 1.165) is 5.69 Å².